The minimum atomic E-state index is 0.746. The minimum absolute atomic E-state index is 0.746. The Kier molecular flexibility index (Phi) is 5.04. The third-order valence-corrected chi connectivity index (χ3v) is 5.38. The third kappa shape index (κ3) is 4.05. The molecule has 4 rings (SSSR count). The van der Waals surface area contributed by atoms with Crippen molar-refractivity contribution in [1.29, 1.82) is 0 Å². The molecular weight excluding hydrogens is 312 g/mol. The van der Waals surface area contributed by atoms with Gasteiger partial charge in [0.15, 0.2) is 0 Å². The Morgan fingerprint density at radius 1 is 1.24 bits per heavy atom. The van der Waals surface area contributed by atoms with Gasteiger partial charge in [0.2, 0.25) is 0 Å². The van der Waals surface area contributed by atoms with Crippen molar-refractivity contribution < 1.29 is 4.74 Å². The molecule has 0 amide bonds. The van der Waals surface area contributed by atoms with Crippen molar-refractivity contribution in [2.45, 2.75) is 38.9 Å². The first-order valence-electron chi connectivity index (χ1n) is 9.42. The van der Waals surface area contributed by atoms with E-state index < -0.39 is 0 Å². The SMILES string of the molecule is COc1ccc(CC2CCN(Cc3cc4n(n3)CCCNC4)C2)cc1. The molecule has 1 aromatic heterocycles. The molecule has 1 N–H and O–H groups in total. The first kappa shape index (κ1) is 16.6. The summed E-state index contributed by atoms with van der Waals surface area (Å²) >= 11 is 0. The van der Waals surface area contributed by atoms with Crippen LogP contribution in [0.2, 0.25) is 0 Å². The van der Waals surface area contributed by atoms with Crippen LogP contribution in [0, 0.1) is 5.92 Å². The van der Waals surface area contributed by atoms with E-state index in [0.717, 1.165) is 44.3 Å². The van der Waals surface area contributed by atoms with Crippen LogP contribution < -0.4 is 10.1 Å². The minimum Gasteiger partial charge on any atom is -0.497 e. The highest BCUT2D eigenvalue weighted by Crippen LogP contribution is 2.23. The number of benzene rings is 1. The van der Waals surface area contributed by atoms with Crippen molar-refractivity contribution in [1.82, 2.24) is 20.0 Å². The second-order valence-corrected chi connectivity index (χ2v) is 7.32. The fourth-order valence-electron chi connectivity index (χ4n) is 4.05. The van der Waals surface area contributed by atoms with E-state index in [1.807, 2.05) is 0 Å². The number of methoxy groups -OCH3 is 1. The molecule has 0 bridgehead atoms. The first-order valence-corrected chi connectivity index (χ1v) is 9.42. The van der Waals surface area contributed by atoms with Crippen LogP contribution in [0.3, 0.4) is 0 Å². The van der Waals surface area contributed by atoms with Crippen molar-refractivity contribution in [3.8, 4) is 5.75 Å². The summed E-state index contributed by atoms with van der Waals surface area (Å²) in [6, 6.07) is 10.8. The second-order valence-electron chi connectivity index (χ2n) is 7.32. The van der Waals surface area contributed by atoms with Gasteiger partial charge in [0.05, 0.1) is 18.5 Å². The van der Waals surface area contributed by atoms with Crippen molar-refractivity contribution >= 4 is 0 Å². The molecule has 5 nitrogen and oxygen atoms in total. The zero-order valence-corrected chi connectivity index (χ0v) is 15.1. The van der Waals surface area contributed by atoms with Crippen LogP contribution in [0.4, 0.5) is 0 Å². The highest BCUT2D eigenvalue weighted by atomic mass is 16.5. The van der Waals surface area contributed by atoms with Crippen LogP contribution in [-0.4, -0.2) is 41.4 Å². The maximum atomic E-state index is 5.24. The van der Waals surface area contributed by atoms with E-state index in [2.05, 4.69) is 45.2 Å². The quantitative estimate of drug-likeness (QED) is 0.908. The van der Waals surface area contributed by atoms with E-state index in [1.165, 1.54) is 42.9 Å². The van der Waals surface area contributed by atoms with Gasteiger partial charge in [-0.3, -0.25) is 9.58 Å². The van der Waals surface area contributed by atoms with E-state index in [0.29, 0.717) is 0 Å². The van der Waals surface area contributed by atoms with Gasteiger partial charge in [0.1, 0.15) is 5.75 Å². The number of rotatable bonds is 5. The maximum absolute atomic E-state index is 5.24. The molecule has 0 radical (unpaired) electrons. The predicted octanol–water partition coefficient (Wildman–Crippen LogP) is 2.45. The summed E-state index contributed by atoms with van der Waals surface area (Å²) in [7, 11) is 1.72. The van der Waals surface area contributed by atoms with Crippen molar-refractivity contribution in [2.75, 3.05) is 26.7 Å². The highest BCUT2D eigenvalue weighted by Gasteiger charge is 2.24. The molecule has 1 aromatic carbocycles. The summed E-state index contributed by atoms with van der Waals surface area (Å²) in [6.07, 6.45) is 3.60. The van der Waals surface area contributed by atoms with Gasteiger partial charge < -0.3 is 10.1 Å². The fraction of sp³-hybridized carbons (Fsp3) is 0.550. The molecule has 1 fully saturated rings. The molecule has 2 aliphatic heterocycles. The van der Waals surface area contributed by atoms with Crippen LogP contribution in [0.15, 0.2) is 30.3 Å². The molecule has 2 aliphatic rings. The van der Waals surface area contributed by atoms with Gasteiger partial charge in [0, 0.05) is 26.2 Å². The van der Waals surface area contributed by atoms with E-state index >= 15 is 0 Å². The smallest absolute Gasteiger partial charge is 0.118 e. The molecule has 0 aliphatic carbocycles. The molecule has 5 heteroatoms. The third-order valence-electron chi connectivity index (χ3n) is 5.38. The van der Waals surface area contributed by atoms with E-state index in [1.54, 1.807) is 7.11 Å². The van der Waals surface area contributed by atoms with Crippen LogP contribution in [0.1, 0.15) is 29.8 Å². The Morgan fingerprint density at radius 2 is 2.12 bits per heavy atom. The van der Waals surface area contributed by atoms with E-state index in [9.17, 15) is 0 Å². The van der Waals surface area contributed by atoms with Gasteiger partial charge in [-0.2, -0.15) is 5.10 Å². The molecule has 2 aromatic rings. The van der Waals surface area contributed by atoms with Gasteiger partial charge in [-0.15, -0.1) is 0 Å². The molecular formula is C20H28N4O. The van der Waals surface area contributed by atoms with Crippen LogP contribution in [-0.2, 0) is 26.1 Å². The first-order chi connectivity index (χ1) is 12.3. The number of likely N-dealkylation sites (tertiary alicyclic amines) is 1. The van der Waals surface area contributed by atoms with Gasteiger partial charge in [-0.1, -0.05) is 12.1 Å². The lowest BCUT2D eigenvalue weighted by atomic mass is 9.99. The normalized spacial score (nSPS) is 21.1. The number of hydrogen-bond donors (Lipinski definition) is 1. The van der Waals surface area contributed by atoms with Crippen molar-refractivity contribution in [2.24, 2.45) is 5.92 Å². The molecule has 0 saturated carbocycles. The Bertz CT molecular complexity index is 671. The average Bonchev–Trinajstić information content (AvgIpc) is 3.16. The Hall–Kier alpha value is -1.85. The van der Waals surface area contributed by atoms with Gasteiger partial charge in [-0.05, 0) is 62.0 Å². The zero-order valence-electron chi connectivity index (χ0n) is 15.1. The number of nitrogens with one attached hydrogen (secondary N) is 1. The standard InChI is InChI=1S/C20H28N4O/c1-25-20-5-3-16(4-6-20)11-17-7-10-23(14-17)15-18-12-19-13-21-8-2-9-24(19)22-18/h3-6,12,17,21H,2,7-11,13-15H2,1H3. The van der Waals surface area contributed by atoms with Gasteiger partial charge in [0.25, 0.3) is 0 Å². The summed E-state index contributed by atoms with van der Waals surface area (Å²) in [5, 5.41) is 8.29. The molecule has 1 atom stereocenters. The zero-order chi connectivity index (χ0) is 17.1. The fourth-order valence-corrected chi connectivity index (χ4v) is 4.05. The number of ether oxygens (including phenoxy) is 1. The lowest BCUT2D eigenvalue weighted by Crippen LogP contribution is -2.21. The molecule has 3 heterocycles. The average molecular weight is 340 g/mol. The van der Waals surface area contributed by atoms with Crippen LogP contribution in [0.5, 0.6) is 5.75 Å². The van der Waals surface area contributed by atoms with Crippen molar-refractivity contribution in [3.63, 3.8) is 0 Å². The van der Waals surface area contributed by atoms with E-state index in [-0.39, 0.29) is 0 Å². The highest BCUT2D eigenvalue weighted by molar-refractivity contribution is 5.27. The lowest BCUT2D eigenvalue weighted by molar-refractivity contribution is 0.311. The Morgan fingerprint density at radius 3 is 2.96 bits per heavy atom. The molecule has 134 valence electrons. The van der Waals surface area contributed by atoms with Gasteiger partial charge in [-0.25, -0.2) is 0 Å². The molecule has 1 unspecified atom stereocenters. The molecule has 1 saturated heterocycles. The summed E-state index contributed by atoms with van der Waals surface area (Å²) < 4.78 is 7.44. The van der Waals surface area contributed by atoms with Crippen molar-refractivity contribution in [3.05, 3.63) is 47.3 Å². The number of hydrogen-bond acceptors (Lipinski definition) is 4. The summed E-state index contributed by atoms with van der Waals surface area (Å²) in [5.74, 6) is 1.68. The maximum Gasteiger partial charge on any atom is 0.118 e. The Labute approximate surface area is 150 Å². The second kappa shape index (κ2) is 7.58. The van der Waals surface area contributed by atoms with Crippen LogP contribution in [0.25, 0.3) is 0 Å². The number of aryl methyl sites for hydroxylation is 1. The lowest BCUT2D eigenvalue weighted by Gasteiger charge is -2.15. The summed E-state index contributed by atoms with van der Waals surface area (Å²) in [4.78, 5) is 2.56. The molecule has 25 heavy (non-hydrogen) atoms. The number of nitrogens with zero attached hydrogens (tertiary/aromatic N) is 3. The molecule has 0 spiro atoms. The monoisotopic (exact) mass is 340 g/mol. The topological polar surface area (TPSA) is 42.3 Å². The van der Waals surface area contributed by atoms with Crippen LogP contribution >= 0.6 is 0 Å². The van der Waals surface area contributed by atoms with E-state index in [4.69, 9.17) is 9.84 Å². The Balaban J connectivity index is 1.31. The predicted molar refractivity (Wildman–Crippen MR) is 98.6 cm³/mol. The van der Waals surface area contributed by atoms with Gasteiger partial charge >= 0.3 is 0 Å². The summed E-state index contributed by atoms with van der Waals surface area (Å²) in [5.41, 5.74) is 3.97. The number of fused-ring (bicyclic) bond motifs is 1. The summed E-state index contributed by atoms with van der Waals surface area (Å²) in [6.45, 7) is 6.43. The number of aromatic nitrogens is 2. The largest absolute Gasteiger partial charge is 0.497 e.